The zero-order valence-corrected chi connectivity index (χ0v) is 16.0. The van der Waals surface area contributed by atoms with Gasteiger partial charge in [-0.25, -0.2) is 9.78 Å². The third kappa shape index (κ3) is 4.00. The van der Waals surface area contributed by atoms with E-state index in [9.17, 15) is 9.59 Å². The van der Waals surface area contributed by atoms with Crippen molar-refractivity contribution < 1.29 is 13.9 Å². The van der Waals surface area contributed by atoms with Crippen LogP contribution in [-0.2, 0) is 11.3 Å². The summed E-state index contributed by atoms with van der Waals surface area (Å²) < 4.78 is 12.8. The Morgan fingerprint density at radius 1 is 1.25 bits per heavy atom. The van der Waals surface area contributed by atoms with E-state index in [1.807, 2.05) is 0 Å². The third-order valence-electron chi connectivity index (χ3n) is 5.40. The van der Waals surface area contributed by atoms with Crippen molar-refractivity contribution in [3.05, 3.63) is 46.0 Å². The Morgan fingerprint density at radius 3 is 2.71 bits per heavy atom. The van der Waals surface area contributed by atoms with Crippen LogP contribution < -0.4 is 5.63 Å². The molecule has 1 unspecified atom stereocenters. The fourth-order valence-electron chi connectivity index (χ4n) is 3.78. The Balaban J connectivity index is 1.37. The van der Waals surface area contributed by atoms with E-state index in [0.717, 1.165) is 39.0 Å². The second-order valence-electron chi connectivity index (χ2n) is 7.29. The van der Waals surface area contributed by atoms with Gasteiger partial charge in [0.15, 0.2) is 0 Å². The monoisotopic (exact) mass is 387 g/mol. The highest BCUT2D eigenvalue weighted by Crippen LogP contribution is 2.28. The summed E-state index contributed by atoms with van der Waals surface area (Å²) in [7, 11) is 0. The van der Waals surface area contributed by atoms with Gasteiger partial charge in [-0.3, -0.25) is 14.4 Å². The Bertz CT molecular complexity index is 865. The Hall–Kier alpha value is -2.52. The minimum Gasteiger partial charge on any atom is -0.424 e. The lowest BCUT2D eigenvalue weighted by molar-refractivity contribution is 0.0621. The fourth-order valence-corrected chi connectivity index (χ4v) is 3.78. The molecule has 2 aliphatic heterocycles. The van der Waals surface area contributed by atoms with Crippen LogP contribution in [0.5, 0.6) is 0 Å². The first-order valence-electron chi connectivity index (χ1n) is 9.72. The molecule has 0 radical (unpaired) electrons. The molecule has 2 aliphatic rings. The summed E-state index contributed by atoms with van der Waals surface area (Å²) in [5.74, 6) is 0.274. The quantitative estimate of drug-likeness (QED) is 0.751. The van der Waals surface area contributed by atoms with Crippen molar-refractivity contribution in [3.8, 4) is 0 Å². The molecule has 2 aromatic rings. The lowest BCUT2D eigenvalue weighted by Gasteiger charge is -2.34. The highest BCUT2D eigenvalue weighted by Gasteiger charge is 2.28. The molecule has 4 rings (SSSR count). The Kier molecular flexibility index (Phi) is 5.54. The van der Waals surface area contributed by atoms with Crippen LogP contribution in [0.15, 0.2) is 27.9 Å². The Labute approximate surface area is 162 Å². The number of aryl methyl sites for hydroxylation is 1. The average molecular weight is 387 g/mol. The topological polar surface area (TPSA) is 93.7 Å². The van der Waals surface area contributed by atoms with Crippen LogP contribution in [-0.4, -0.2) is 69.8 Å². The van der Waals surface area contributed by atoms with Gasteiger partial charge >= 0.3 is 5.63 Å². The van der Waals surface area contributed by atoms with Gasteiger partial charge in [-0.05, 0) is 31.4 Å². The number of rotatable bonds is 5. The molecule has 2 aromatic heterocycles. The molecule has 1 atom stereocenters. The van der Waals surface area contributed by atoms with Crippen LogP contribution in [0.1, 0.15) is 40.6 Å². The standard InChI is InChI=1S/C19H25N5O4/c1-14-11-16(15-3-2-10-27-15)28-19(26)17(14)18(25)23-7-4-22(5-8-23)6-9-24-13-20-12-21-24/h11-13,15H,2-10H2,1H3. The molecule has 0 saturated carbocycles. The van der Waals surface area contributed by atoms with E-state index in [-0.39, 0.29) is 17.6 Å². The van der Waals surface area contributed by atoms with Crippen LogP contribution in [0.3, 0.4) is 0 Å². The predicted octanol–water partition coefficient (Wildman–Crippen LogP) is 0.849. The SMILES string of the molecule is Cc1cc(C2CCCO2)oc(=O)c1C(=O)N1CCN(CCn2cncn2)CC1. The summed E-state index contributed by atoms with van der Waals surface area (Å²) in [6.07, 6.45) is 4.84. The number of aromatic nitrogens is 3. The summed E-state index contributed by atoms with van der Waals surface area (Å²) in [6, 6.07) is 1.78. The second kappa shape index (κ2) is 8.24. The highest BCUT2D eigenvalue weighted by atomic mass is 16.5. The normalized spacial score (nSPS) is 20.6. The van der Waals surface area contributed by atoms with Crippen molar-refractivity contribution in [2.24, 2.45) is 0 Å². The second-order valence-corrected chi connectivity index (χ2v) is 7.29. The number of amides is 1. The maximum absolute atomic E-state index is 12.9. The largest absolute Gasteiger partial charge is 0.424 e. The zero-order chi connectivity index (χ0) is 19.5. The van der Waals surface area contributed by atoms with Gasteiger partial charge in [0.2, 0.25) is 0 Å². The van der Waals surface area contributed by atoms with Crippen LogP contribution in [0, 0.1) is 6.92 Å². The van der Waals surface area contributed by atoms with E-state index in [0.29, 0.717) is 31.0 Å². The van der Waals surface area contributed by atoms with E-state index in [4.69, 9.17) is 9.15 Å². The minimum absolute atomic E-state index is 0.137. The molecule has 0 aliphatic carbocycles. The van der Waals surface area contributed by atoms with Crippen LogP contribution in [0.4, 0.5) is 0 Å². The third-order valence-corrected chi connectivity index (χ3v) is 5.40. The molecule has 2 saturated heterocycles. The molecule has 9 heteroatoms. The van der Waals surface area contributed by atoms with Crippen LogP contribution >= 0.6 is 0 Å². The van der Waals surface area contributed by atoms with Crippen molar-refractivity contribution >= 4 is 5.91 Å². The fraction of sp³-hybridized carbons (Fsp3) is 0.579. The average Bonchev–Trinajstić information content (AvgIpc) is 3.40. The van der Waals surface area contributed by atoms with Gasteiger partial charge in [0.25, 0.3) is 5.91 Å². The van der Waals surface area contributed by atoms with Crippen LogP contribution in [0.2, 0.25) is 0 Å². The lowest BCUT2D eigenvalue weighted by atomic mass is 10.1. The number of nitrogens with zero attached hydrogens (tertiary/aromatic N) is 5. The number of hydrogen-bond donors (Lipinski definition) is 0. The highest BCUT2D eigenvalue weighted by molar-refractivity contribution is 5.95. The first-order valence-corrected chi connectivity index (χ1v) is 9.72. The van der Waals surface area contributed by atoms with E-state index < -0.39 is 5.63 Å². The van der Waals surface area contributed by atoms with Gasteiger partial charge in [0.05, 0.1) is 6.54 Å². The first kappa shape index (κ1) is 18.8. The molecule has 0 aromatic carbocycles. The summed E-state index contributed by atoms with van der Waals surface area (Å²) in [5, 5.41) is 4.10. The zero-order valence-electron chi connectivity index (χ0n) is 16.0. The van der Waals surface area contributed by atoms with Crippen molar-refractivity contribution in [1.29, 1.82) is 0 Å². The number of carbonyl (C=O) groups is 1. The molecule has 0 bridgehead atoms. The number of carbonyl (C=O) groups excluding carboxylic acids is 1. The molecule has 1 amide bonds. The molecule has 0 spiro atoms. The molecule has 28 heavy (non-hydrogen) atoms. The number of piperazine rings is 1. The molecular weight excluding hydrogens is 362 g/mol. The summed E-state index contributed by atoms with van der Waals surface area (Å²) >= 11 is 0. The van der Waals surface area contributed by atoms with Gasteiger partial charge in [0, 0.05) is 39.3 Å². The summed E-state index contributed by atoms with van der Waals surface area (Å²) in [4.78, 5) is 33.4. The molecule has 2 fully saturated rings. The molecule has 150 valence electrons. The van der Waals surface area contributed by atoms with Crippen molar-refractivity contribution in [3.63, 3.8) is 0 Å². The van der Waals surface area contributed by atoms with E-state index in [1.165, 1.54) is 6.33 Å². The minimum atomic E-state index is -0.566. The van der Waals surface area contributed by atoms with Gasteiger partial charge in [0.1, 0.15) is 30.1 Å². The molecule has 0 N–H and O–H groups in total. The number of ether oxygens (including phenoxy) is 1. The smallest absolute Gasteiger partial charge is 0.349 e. The first-order chi connectivity index (χ1) is 13.6. The van der Waals surface area contributed by atoms with E-state index in [2.05, 4.69) is 15.0 Å². The van der Waals surface area contributed by atoms with Gasteiger partial charge in [-0.15, -0.1) is 0 Å². The van der Waals surface area contributed by atoms with Gasteiger partial charge in [-0.1, -0.05) is 0 Å². The molecular formula is C19H25N5O4. The summed E-state index contributed by atoms with van der Waals surface area (Å²) in [5.41, 5.74) is 0.224. The predicted molar refractivity (Wildman–Crippen MR) is 100 cm³/mol. The maximum atomic E-state index is 12.9. The Morgan fingerprint density at radius 2 is 2.07 bits per heavy atom. The van der Waals surface area contributed by atoms with E-state index >= 15 is 0 Å². The van der Waals surface area contributed by atoms with E-state index in [1.54, 1.807) is 28.9 Å². The molecule has 4 heterocycles. The van der Waals surface area contributed by atoms with Crippen molar-refractivity contribution in [2.75, 3.05) is 39.3 Å². The maximum Gasteiger partial charge on any atom is 0.349 e. The van der Waals surface area contributed by atoms with Gasteiger partial charge in [-0.2, -0.15) is 5.10 Å². The number of hydrogen-bond acceptors (Lipinski definition) is 7. The summed E-state index contributed by atoms with van der Waals surface area (Å²) in [6.45, 7) is 6.78. The van der Waals surface area contributed by atoms with Crippen molar-refractivity contribution in [1.82, 2.24) is 24.6 Å². The molecule has 9 nitrogen and oxygen atoms in total. The van der Waals surface area contributed by atoms with Crippen LogP contribution in [0.25, 0.3) is 0 Å². The van der Waals surface area contributed by atoms with Crippen molar-refractivity contribution in [2.45, 2.75) is 32.4 Å². The lowest BCUT2D eigenvalue weighted by Crippen LogP contribution is -2.50. The van der Waals surface area contributed by atoms with Gasteiger partial charge < -0.3 is 14.1 Å².